The molecule has 1 N–H and O–H groups in total. The number of hydrogen-bond donors (Lipinski definition) is 1. The predicted octanol–water partition coefficient (Wildman–Crippen LogP) is 2.72. The third kappa shape index (κ3) is 3.84. The predicted molar refractivity (Wildman–Crippen MR) is 86.6 cm³/mol. The van der Waals surface area contributed by atoms with Gasteiger partial charge >= 0.3 is 6.18 Å². The molecule has 1 amide bonds. The zero-order valence-corrected chi connectivity index (χ0v) is 13.8. The molecule has 1 saturated heterocycles. The van der Waals surface area contributed by atoms with Crippen LogP contribution in [0.2, 0.25) is 0 Å². The zero-order valence-electron chi connectivity index (χ0n) is 13.8. The van der Waals surface area contributed by atoms with Crippen LogP contribution in [0.1, 0.15) is 28.9 Å². The van der Waals surface area contributed by atoms with E-state index in [1.165, 1.54) is 29.1 Å². The number of amides is 1. The number of halogens is 3. The lowest BCUT2D eigenvalue weighted by molar-refractivity contribution is -0.137. The first-order valence-corrected chi connectivity index (χ1v) is 8.08. The van der Waals surface area contributed by atoms with Crippen LogP contribution in [0, 0.1) is 0 Å². The highest BCUT2D eigenvalue weighted by atomic mass is 19.4. The Hall–Kier alpha value is -2.35. The second-order valence-corrected chi connectivity index (χ2v) is 6.07. The number of carbonyl (C=O) groups excluding carboxylic acids is 1. The second kappa shape index (κ2) is 6.87. The first-order valence-electron chi connectivity index (χ1n) is 8.08. The van der Waals surface area contributed by atoms with E-state index in [4.69, 9.17) is 0 Å². The number of benzene rings is 1. The first-order chi connectivity index (χ1) is 11.9. The molecule has 1 fully saturated rings. The standard InChI is InChI=1S/C17H19F3N4O/c1-21-13-5-3-8-23(11-13)16(25)15-7-9-24(22-15)14-6-2-4-12(10-14)17(18,19)20/h2,4,6-7,9-10,13,21H,3,5,8,11H2,1H3/t13-/m1/s1. The van der Waals surface area contributed by atoms with Crippen molar-refractivity contribution in [2.75, 3.05) is 20.1 Å². The van der Waals surface area contributed by atoms with Gasteiger partial charge in [-0.1, -0.05) is 6.07 Å². The van der Waals surface area contributed by atoms with Crippen molar-refractivity contribution in [3.8, 4) is 5.69 Å². The number of hydrogen-bond acceptors (Lipinski definition) is 3. The van der Waals surface area contributed by atoms with Crippen LogP contribution < -0.4 is 5.32 Å². The summed E-state index contributed by atoms with van der Waals surface area (Å²) in [5, 5.41) is 7.33. The van der Waals surface area contributed by atoms with Gasteiger partial charge in [0.1, 0.15) is 0 Å². The molecule has 1 aliphatic rings. The lowest BCUT2D eigenvalue weighted by Gasteiger charge is -2.32. The van der Waals surface area contributed by atoms with Gasteiger partial charge in [-0.15, -0.1) is 0 Å². The summed E-state index contributed by atoms with van der Waals surface area (Å²) < 4.78 is 39.8. The maximum absolute atomic E-state index is 12.8. The van der Waals surface area contributed by atoms with E-state index in [2.05, 4.69) is 10.4 Å². The lowest BCUT2D eigenvalue weighted by Crippen LogP contribution is -2.47. The van der Waals surface area contributed by atoms with Gasteiger partial charge in [-0.2, -0.15) is 18.3 Å². The molecule has 3 rings (SSSR count). The minimum atomic E-state index is -4.42. The van der Waals surface area contributed by atoms with Gasteiger partial charge in [0.05, 0.1) is 11.3 Å². The Morgan fingerprint density at radius 2 is 2.12 bits per heavy atom. The number of rotatable bonds is 3. The van der Waals surface area contributed by atoms with Gasteiger partial charge in [0.15, 0.2) is 5.69 Å². The molecule has 0 unspecified atom stereocenters. The number of nitrogens with zero attached hydrogens (tertiary/aromatic N) is 3. The van der Waals surface area contributed by atoms with Crippen LogP contribution in [0.15, 0.2) is 36.5 Å². The Balaban J connectivity index is 1.79. The van der Waals surface area contributed by atoms with Crippen LogP contribution in [-0.2, 0) is 6.18 Å². The van der Waals surface area contributed by atoms with Crippen molar-refractivity contribution in [3.63, 3.8) is 0 Å². The van der Waals surface area contributed by atoms with E-state index >= 15 is 0 Å². The number of likely N-dealkylation sites (N-methyl/N-ethyl adjacent to an activating group) is 1. The van der Waals surface area contributed by atoms with Crippen molar-refractivity contribution in [2.24, 2.45) is 0 Å². The van der Waals surface area contributed by atoms with Crippen molar-refractivity contribution in [2.45, 2.75) is 25.1 Å². The molecule has 0 radical (unpaired) electrons. The Bertz CT molecular complexity index is 756. The van der Waals surface area contributed by atoms with Crippen molar-refractivity contribution in [1.82, 2.24) is 20.0 Å². The highest BCUT2D eigenvalue weighted by Crippen LogP contribution is 2.30. The summed E-state index contributed by atoms with van der Waals surface area (Å²) in [7, 11) is 1.86. The molecule has 25 heavy (non-hydrogen) atoms. The van der Waals surface area contributed by atoms with Gasteiger partial charge in [0, 0.05) is 25.3 Å². The summed E-state index contributed by atoms with van der Waals surface area (Å²) in [5.41, 5.74) is -0.254. The average Bonchev–Trinajstić information content (AvgIpc) is 3.10. The largest absolute Gasteiger partial charge is 0.416 e. The smallest absolute Gasteiger partial charge is 0.336 e. The van der Waals surface area contributed by atoms with Crippen molar-refractivity contribution in [1.29, 1.82) is 0 Å². The molecule has 1 aliphatic heterocycles. The summed E-state index contributed by atoms with van der Waals surface area (Å²) >= 11 is 0. The van der Waals surface area contributed by atoms with Crippen LogP contribution in [-0.4, -0.2) is 46.8 Å². The summed E-state index contributed by atoms with van der Waals surface area (Å²) in [5.74, 6) is -0.203. The lowest BCUT2D eigenvalue weighted by atomic mass is 10.1. The monoisotopic (exact) mass is 352 g/mol. The van der Waals surface area contributed by atoms with Crippen LogP contribution in [0.3, 0.4) is 0 Å². The Labute approximate surface area is 143 Å². The Kier molecular flexibility index (Phi) is 4.80. The zero-order chi connectivity index (χ0) is 18.0. The third-order valence-electron chi connectivity index (χ3n) is 4.36. The van der Waals surface area contributed by atoms with E-state index in [9.17, 15) is 18.0 Å². The molecule has 1 aromatic carbocycles. The van der Waals surface area contributed by atoms with Crippen LogP contribution in [0.25, 0.3) is 5.69 Å². The first kappa shape index (κ1) is 17.5. The molecule has 0 spiro atoms. The van der Waals surface area contributed by atoms with E-state index in [0.717, 1.165) is 25.0 Å². The number of nitrogens with one attached hydrogen (secondary N) is 1. The van der Waals surface area contributed by atoms with Crippen LogP contribution >= 0.6 is 0 Å². The molecule has 0 saturated carbocycles. The fraction of sp³-hybridized carbons (Fsp3) is 0.412. The summed E-state index contributed by atoms with van der Waals surface area (Å²) in [6.07, 6.45) is -0.995. The average molecular weight is 352 g/mol. The van der Waals surface area contributed by atoms with Crippen molar-refractivity contribution >= 4 is 5.91 Å². The highest BCUT2D eigenvalue weighted by Gasteiger charge is 2.30. The van der Waals surface area contributed by atoms with Gasteiger partial charge in [-0.25, -0.2) is 4.68 Å². The molecule has 0 aliphatic carbocycles. The van der Waals surface area contributed by atoms with E-state index in [1.54, 1.807) is 4.90 Å². The summed E-state index contributed by atoms with van der Waals surface area (Å²) in [4.78, 5) is 14.3. The fourth-order valence-corrected chi connectivity index (χ4v) is 2.97. The summed E-state index contributed by atoms with van der Waals surface area (Å²) in [6.45, 7) is 1.26. The van der Waals surface area contributed by atoms with Crippen molar-refractivity contribution < 1.29 is 18.0 Å². The Morgan fingerprint density at radius 3 is 2.84 bits per heavy atom. The van der Waals surface area contributed by atoms with Gasteiger partial charge in [0.25, 0.3) is 5.91 Å². The van der Waals surface area contributed by atoms with E-state index in [-0.39, 0.29) is 23.3 Å². The topological polar surface area (TPSA) is 50.2 Å². The molecular weight excluding hydrogens is 333 g/mol. The molecule has 1 atom stereocenters. The molecular formula is C17H19F3N4O. The molecule has 8 heteroatoms. The van der Waals surface area contributed by atoms with Gasteiger partial charge in [-0.3, -0.25) is 4.79 Å². The molecule has 1 aromatic heterocycles. The molecule has 2 aromatic rings. The molecule has 5 nitrogen and oxygen atoms in total. The quantitative estimate of drug-likeness (QED) is 0.924. The highest BCUT2D eigenvalue weighted by molar-refractivity contribution is 5.92. The minimum absolute atomic E-state index is 0.203. The fourth-order valence-electron chi connectivity index (χ4n) is 2.97. The number of piperidine rings is 1. The van der Waals surface area contributed by atoms with Crippen LogP contribution in [0.4, 0.5) is 13.2 Å². The minimum Gasteiger partial charge on any atom is -0.336 e. The van der Waals surface area contributed by atoms with Crippen molar-refractivity contribution in [3.05, 3.63) is 47.8 Å². The van der Waals surface area contributed by atoms with Gasteiger partial charge in [0.2, 0.25) is 0 Å². The number of alkyl halides is 3. The van der Waals surface area contributed by atoms with Crippen LogP contribution in [0.5, 0.6) is 0 Å². The van der Waals surface area contributed by atoms with Gasteiger partial charge < -0.3 is 10.2 Å². The molecule has 134 valence electrons. The van der Waals surface area contributed by atoms with E-state index < -0.39 is 11.7 Å². The SMILES string of the molecule is CN[C@@H]1CCCN(C(=O)c2ccn(-c3cccc(C(F)(F)F)c3)n2)C1. The number of aromatic nitrogens is 2. The molecule has 2 heterocycles. The Morgan fingerprint density at radius 1 is 1.32 bits per heavy atom. The molecule has 0 bridgehead atoms. The normalized spacial score (nSPS) is 18.4. The van der Waals surface area contributed by atoms with E-state index in [1.807, 2.05) is 7.05 Å². The number of carbonyl (C=O) groups is 1. The van der Waals surface area contributed by atoms with E-state index in [0.29, 0.717) is 13.1 Å². The van der Waals surface area contributed by atoms with Gasteiger partial charge in [-0.05, 0) is 44.2 Å². The summed E-state index contributed by atoms with van der Waals surface area (Å²) in [6, 6.07) is 6.65. The number of likely N-dealkylation sites (tertiary alicyclic amines) is 1. The maximum Gasteiger partial charge on any atom is 0.416 e. The second-order valence-electron chi connectivity index (χ2n) is 6.07. The third-order valence-corrected chi connectivity index (χ3v) is 4.36. The maximum atomic E-state index is 12.8.